The molecular weight excluding hydrogens is 1020 g/mol. The van der Waals surface area contributed by atoms with Gasteiger partial charge in [0.25, 0.3) is 0 Å². The maximum absolute atomic E-state index is 13.1. The van der Waals surface area contributed by atoms with Gasteiger partial charge in [0.15, 0.2) is 24.6 Å². The van der Waals surface area contributed by atoms with Crippen LogP contribution in [-0.2, 0) is 42.9 Å². The quantitative estimate of drug-likeness (QED) is 0.0228. The van der Waals surface area contributed by atoms with Gasteiger partial charge in [-0.25, -0.2) is 4.79 Å². The summed E-state index contributed by atoms with van der Waals surface area (Å²) in [5.41, 5.74) is 0. The van der Waals surface area contributed by atoms with Crippen LogP contribution in [0.3, 0.4) is 0 Å². The Balaban J connectivity index is 2.74. The Morgan fingerprint density at radius 2 is 0.778 bits per heavy atom. The number of rotatable bonds is 50. The van der Waals surface area contributed by atoms with E-state index in [-0.39, 0.29) is 25.9 Å². The predicted molar refractivity (Wildman–Crippen MR) is 330 cm³/mol. The van der Waals surface area contributed by atoms with E-state index in [9.17, 15) is 34.5 Å². The van der Waals surface area contributed by atoms with E-state index in [1.165, 1.54) is 0 Å². The molecular formula is C69H106O12. The van der Waals surface area contributed by atoms with Crippen LogP contribution in [0.15, 0.2) is 146 Å². The molecule has 81 heavy (non-hydrogen) atoms. The zero-order chi connectivity index (χ0) is 58.9. The van der Waals surface area contributed by atoms with Gasteiger partial charge >= 0.3 is 23.9 Å². The highest BCUT2D eigenvalue weighted by Crippen LogP contribution is 2.26. The highest BCUT2D eigenvalue weighted by molar-refractivity contribution is 5.74. The molecule has 12 heteroatoms. The predicted octanol–water partition coefficient (Wildman–Crippen LogP) is 16.3. The summed E-state index contributed by atoms with van der Waals surface area (Å²) in [4.78, 5) is 51.2. The second-order valence-electron chi connectivity index (χ2n) is 20.2. The first-order valence-electron chi connectivity index (χ1n) is 30.8. The number of aliphatic hydroxyl groups is 2. The molecule has 0 aliphatic carbocycles. The van der Waals surface area contributed by atoms with Crippen molar-refractivity contribution < 1.29 is 58.2 Å². The van der Waals surface area contributed by atoms with E-state index < -0.39 is 67.3 Å². The third-order valence-corrected chi connectivity index (χ3v) is 12.9. The highest BCUT2D eigenvalue weighted by Gasteiger charge is 2.50. The summed E-state index contributed by atoms with van der Waals surface area (Å²) in [5, 5.41) is 31.5. The van der Waals surface area contributed by atoms with Gasteiger partial charge in [0.1, 0.15) is 18.8 Å². The van der Waals surface area contributed by atoms with E-state index in [0.29, 0.717) is 19.3 Å². The monoisotopic (exact) mass is 1130 g/mol. The minimum Gasteiger partial charge on any atom is -0.479 e. The lowest BCUT2D eigenvalue weighted by molar-refractivity contribution is -0.301. The number of carboxylic acid groups (broad SMARTS) is 1. The van der Waals surface area contributed by atoms with Crippen molar-refractivity contribution in [2.24, 2.45) is 0 Å². The van der Waals surface area contributed by atoms with E-state index in [4.69, 9.17) is 23.7 Å². The van der Waals surface area contributed by atoms with Gasteiger partial charge in [-0.1, -0.05) is 224 Å². The molecule has 0 spiro atoms. The molecule has 1 fully saturated rings. The SMILES string of the molecule is CC/C=C\C/C=C\C/C=C\C/C=C\C/C=C\CC(=O)OC(COC(=O)CCCCCCCCC/C=C\C/C=C\C/C=C\CC)COC1OC(C(=O)O)C(O)C(O)C1OC(=O)CCCCCCCC/C=C\C/C=C\C/C=C\C/C=C\CC. The molecule has 1 rings (SSSR count). The third-order valence-electron chi connectivity index (χ3n) is 12.9. The van der Waals surface area contributed by atoms with Crippen LogP contribution < -0.4 is 0 Å². The topological polar surface area (TPSA) is 175 Å². The lowest BCUT2D eigenvalue weighted by Crippen LogP contribution is -2.61. The maximum atomic E-state index is 13.1. The Morgan fingerprint density at radius 1 is 0.420 bits per heavy atom. The summed E-state index contributed by atoms with van der Waals surface area (Å²) in [6.07, 6.45) is 66.9. The van der Waals surface area contributed by atoms with Crippen LogP contribution in [0.5, 0.6) is 0 Å². The molecule has 0 bridgehead atoms. The second-order valence-corrected chi connectivity index (χ2v) is 20.2. The Bertz CT molecular complexity index is 1960. The molecule has 1 aliphatic heterocycles. The number of esters is 3. The number of carbonyl (C=O) groups excluding carboxylic acids is 3. The van der Waals surface area contributed by atoms with Gasteiger partial charge in [-0.15, -0.1) is 0 Å². The van der Waals surface area contributed by atoms with Crippen LogP contribution >= 0.6 is 0 Å². The summed E-state index contributed by atoms with van der Waals surface area (Å²) < 4.78 is 28.3. The highest BCUT2D eigenvalue weighted by atomic mass is 16.7. The van der Waals surface area contributed by atoms with E-state index in [1.807, 2.05) is 18.2 Å². The van der Waals surface area contributed by atoms with Crippen molar-refractivity contribution in [2.75, 3.05) is 13.2 Å². The average molecular weight is 1130 g/mol. The first-order chi connectivity index (χ1) is 39.6. The van der Waals surface area contributed by atoms with Crippen molar-refractivity contribution in [2.45, 2.75) is 250 Å². The number of unbranched alkanes of at least 4 members (excludes halogenated alkanes) is 13. The van der Waals surface area contributed by atoms with Gasteiger partial charge < -0.3 is 39.0 Å². The van der Waals surface area contributed by atoms with Crippen LogP contribution in [0, 0.1) is 0 Å². The fourth-order valence-electron chi connectivity index (χ4n) is 8.33. The van der Waals surface area contributed by atoms with Crippen molar-refractivity contribution in [1.29, 1.82) is 0 Å². The van der Waals surface area contributed by atoms with Crippen LogP contribution in [0.4, 0.5) is 0 Å². The molecule has 0 saturated carbocycles. The van der Waals surface area contributed by atoms with Gasteiger partial charge in [-0.05, 0) is 116 Å². The largest absolute Gasteiger partial charge is 0.479 e. The number of allylic oxidation sites excluding steroid dienone is 23. The summed E-state index contributed by atoms with van der Waals surface area (Å²) in [6.45, 7) is 5.55. The first kappa shape index (κ1) is 73.6. The maximum Gasteiger partial charge on any atom is 0.335 e. The molecule has 6 atom stereocenters. The molecule has 0 aromatic carbocycles. The molecule has 12 nitrogen and oxygen atoms in total. The summed E-state index contributed by atoms with van der Waals surface area (Å²) in [6, 6.07) is 0. The number of carbonyl (C=O) groups is 4. The normalized spacial score (nSPS) is 18.8. The van der Waals surface area contributed by atoms with Gasteiger partial charge in [-0.3, -0.25) is 14.4 Å². The lowest BCUT2D eigenvalue weighted by Gasteiger charge is -2.40. The number of aliphatic hydroxyl groups excluding tert-OH is 2. The lowest BCUT2D eigenvalue weighted by atomic mass is 9.98. The van der Waals surface area contributed by atoms with Crippen molar-refractivity contribution in [3.8, 4) is 0 Å². The van der Waals surface area contributed by atoms with Crippen LogP contribution in [0.2, 0.25) is 0 Å². The molecule has 0 amide bonds. The molecule has 1 saturated heterocycles. The second kappa shape index (κ2) is 55.2. The zero-order valence-electron chi connectivity index (χ0n) is 50.0. The summed E-state index contributed by atoms with van der Waals surface area (Å²) in [5.74, 6) is -3.34. The molecule has 454 valence electrons. The van der Waals surface area contributed by atoms with Crippen molar-refractivity contribution in [1.82, 2.24) is 0 Å². The Hall–Kier alpha value is -5.40. The van der Waals surface area contributed by atoms with Crippen molar-refractivity contribution in [3.05, 3.63) is 146 Å². The zero-order valence-corrected chi connectivity index (χ0v) is 50.0. The summed E-state index contributed by atoms with van der Waals surface area (Å²) in [7, 11) is 0. The smallest absolute Gasteiger partial charge is 0.335 e. The minimum absolute atomic E-state index is 0.0244. The van der Waals surface area contributed by atoms with E-state index in [2.05, 4.69) is 142 Å². The van der Waals surface area contributed by atoms with Gasteiger partial charge in [-0.2, -0.15) is 0 Å². The molecule has 1 aliphatic rings. The standard InChI is InChI=1S/C69H106O12/c1-4-7-10-13-16-19-22-25-28-30-31-33-36-39-42-45-48-51-54-57-63(72)80-67-65(74)64(73)66(68(75)76)81-69(67)78-59-60(79-62(71)56-53-50-47-44-41-38-34-27-24-21-18-15-12-9-6-3)58-77-61(70)55-52-49-46-43-40-37-35-32-29-26-23-20-17-14-11-8-5-2/h7-12,16-21,25-29,31,33-34,41,44,50,53,60,64-67,69,73-74H,4-6,13-15,22-24,30,32,35-40,42-43,45-49,51-52,54-59H2,1-3H3,(H,75,76)/b10-7-,11-8-,12-9-,19-16-,20-17-,21-18-,28-25-,29-26-,33-31-,34-27-,44-41-,53-50-. The van der Waals surface area contributed by atoms with Crippen LogP contribution in [-0.4, -0.2) is 89.2 Å². The number of carboxylic acids is 1. The Kier molecular flexibility index (Phi) is 50.1. The number of aliphatic carboxylic acids is 1. The molecule has 0 aromatic rings. The van der Waals surface area contributed by atoms with Crippen molar-refractivity contribution >= 4 is 23.9 Å². The molecule has 1 heterocycles. The Morgan fingerprint density at radius 3 is 1.19 bits per heavy atom. The molecule has 3 N–H and O–H groups in total. The number of ether oxygens (including phenoxy) is 5. The number of hydrogen-bond acceptors (Lipinski definition) is 11. The third kappa shape index (κ3) is 44.9. The summed E-state index contributed by atoms with van der Waals surface area (Å²) >= 11 is 0. The van der Waals surface area contributed by atoms with Crippen molar-refractivity contribution in [3.63, 3.8) is 0 Å². The average Bonchev–Trinajstić information content (AvgIpc) is 3.52. The Labute approximate surface area is 489 Å². The van der Waals surface area contributed by atoms with E-state index >= 15 is 0 Å². The first-order valence-corrected chi connectivity index (χ1v) is 30.8. The molecule has 6 unspecified atom stereocenters. The van der Waals surface area contributed by atoms with E-state index in [0.717, 1.165) is 154 Å². The van der Waals surface area contributed by atoms with Gasteiger partial charge in [0.2, 0.25) is 0 Å². The molecule has 0 aromatic heterocycles. The van der Waals surface area contributed by atoms with Crippen LogP contribution in [0.25, 0.3) is 0 Å². The van der Waals surface area contributed by atoms with Gasteiger partial charge in [0, 0.05) is 12.8 Å². The van der Waals surface area contributed by atoms with Crippen LogP contribution in [0.1, 0.15) is 213 Å². The molecule has 0 radical (unpaired) electrons. The fourth-order valence-corrected chi connectivity index (χ4v) is 8.33. The van der Waals surface area contributed by atoms with E-state index in [1.54, 1.807) is 6.08 Å². The number of hydrogen-bond donors (Lipinski definition) is 3. The minimum atomic E-state index is -1.93. The van der Waals surface area contributed by atoms with Gasteiger partial charge in [0.05, 0.1) is 13.0 Å². The fraction of sp³-hybridized carbons (Fsp3) is 0.594.